The van der Waals surface area contributed by atoms with Crippen LogP contribution in [0.4, 0.5) is 9.80 Å². The monoisotopic (exact) mass is 738 g/mol. The molecule has 3 heterocycles. The highest BCUT2D eigenvalue weighted by atomic mass is 35.5. The van der Waals surface area contributed by atoms with Gasteiger partial charge in [-0.15, -0.1) is 0 Å². The van der Waals surface area contributed by atoms with Gasteiger partial charge in [0.1, 0.15) is 0 Å². The van der Waals surface area contributed by atoms with Crippen molar-refractivity contribution < 1.29 is 23.5 Å². The molecule has 2 amide bonds. The van der Waals surface area contributed by atoms with Gasteiger partial charge in [-0.2, -0.15) is 9.78 Å². The van der Waals surface area contributed by atoms with Crippen LogP contribution in [0.15, 0.2) is 108 Å². The Morgan fingerprint density at radius 2 is 1.73 bits per heavy atom. The molecule has 12 heteroatoms. The molecule has 9 nitrogen and oxygen atoms in total. The molecule has 0 saturated carbocycles. The van der Waals surface area contributed by atoms with Gasteiger partial charge in [0.05, 0.1) is 48.6 Å². The van der Waals surface area contributed by atoms with E-state index in [4.69, 9.17) is 16.3 Å². The van der Waals surface area contributed by atoms with Crippen molar-refractivity contribution in [2.24, 2.45) is 5.92 Å². The second-order valence-electron chi connectivity index (χ2n) is 14.2. The molecule has 5 aromatic rings. The minimum atomic E-state index is -3.56. The fourth-order valence-electron chi connectivity index (χ4n) is 8.14. The van der Waals surface area contributed by atoms with Crippen molar-refractivity contribution in [1.82, 2.24) is 14.7 Å². The first-order chi connectivity index (χ1) is 24.9. The minimum Gasteiger partial charge on any atom is -0.395 e. The molecule has 4 aromatic carbocycles. The average Bonchev–Trinajstić information content (AvgIpc) is 3.54. The van der Waals surface area contributed by atoms with Crippen LogP contribution in [0, 0.1) is 5.92 Å². The van der Waals surface area contributed by atoms with E-state index in [2.05, 4.69) is 5.10 Å². The van der Waals surface area contributed by atoms with Crippen molar-refractivity contribution >= 4 is 48.3 Å². The summed E-state index contributed by atoms with van der Waals surface area (Å²) in [5.74, 6) is -1.28. The SMILES string of the molecule is C[C@H]1[C@H]([Si](C)(C)F)[C@@H](CC(=O)N(CCO)Cc2ccccc2)O[C@]12C(=O)N(Cc1cccc(-n3ncc4ccccc4c3=O)c1)c1ccc(Cl)cc12. The molecule has 2 aliphatic heterocycles. The van der Waals surface area contributed by atoms with Gasteiger partial charge in [0.25, 0.3) is 11.5 Å². The summed E-state index contributed by atoms with van der Waals surface area (Å²) in [6, 6.07) is 29.2. The number of aromatic nitrogens is 2. The van der Waals surface area contributed by atoms with E-state index in [1.807, 2.05) is 73.7 Å². The number of carbonyl (C=O) groups is 2. The van der Waals surface area contributed by atoms with Crippen LogP contribution in [0.1, 0.15) is 30.0 Å². The number of amides is 2. The predicted molar refractivity (Wildman–Crippen MR) is 202 cm³/mol. The van der Waals surface area contributed by atoms with E-state index >= 15 is 4.11 Å². The second kappa shape index (κ2) is 14.0. The van der Waals surface area contributed by atoms with Crippen LogP contribution in [0.2, 0.25) is 23.7 Å². The fourth-order valence-corrected chi connectivity index (χ4v) is 10.8. The van der Waals surface area contributed by atoms with Crippen LogP contribution in [0.5, 0.6) is 0 Å². The highest BCUT2D eigenvalue weighted by Crippen LogP contribution is 2.60. The molecule has 0 radical (unpaired) electrons. The van der Waals surface area contributed by atoms with Gasteiger partial charge in [0.2, 0.25) is 14.3 Å². The summed E-state index contributed by atoms with van der Waals surface area (Å²) >= 11 is 6.56. The van der Waals surface area contributed by atoms with Gasteiger partial charge in [-0.05, 0) is 60.6 Å². The molecule has 1 N–H and O–H groups in total. The molecule has 0 aliphatic carbocycles. The molecule has 0 unspecified atom stereocenters. The lowest BCUT2D eigenvalue weighted by Crippen LogP contribution is -2.45. The number of nitrogens with zero attached hydrogens (tertiary/aromatic N) is 4. The number of hydrogen-bond donors (Lipinski definition) is 1. The van der Waals surface area contributed by atoms with Crippen LogP contribution in [0.3, 0.4) is 0 Å². The van der Waals surface area contributed by atoms with E-state index in [-0.39, 0.29) is 50.0 Å². The standard InChI is InChI=1S/C40H40ClFN4O5Si/c1-26-37(52(2,3)42)35(22-36(48)44(18-19-47)24-27-10-5-4-6-11-27)51-40(26)33-21-30(41)16-17-34(33)45(39(40)50)25-28-12-9-14-31(20-28)46-38(49)32-15-8-7-13-29(32)23-43-46/h4-17,20-21,23,26,35,37,47H,18-19,22,24-25H2,1-3H3/t26-,35+,37-,40+/m0/s1. The Morgan fingerprint density at radius 1 is 1.00 bits per heavy atom. The van der Waals surface area contributed by atoms with Crippen LogP contribution < -0.4 is 10.5 Å². The number of carbonyl (C=O) groups excluding carboxylic acids is 2. The van der Waals surface area contributed by atoms with Gasteiger partial charge < -0.3 is 23.8 Å². The van der Waals surface area contributed by atoms with Crippen LogP contribution >= 0.6 is 11.6 Å². The largest absolute Gasteiger partial charge is 0.395 e. The summed E-state index contributed by atoms with van der Waals surface area (Å²) in [5.41, 5.74) is 0.761. The van der Waals surface area contributed by atoms with Crippen LogP contribution in [-0.4, -0.2) is 59.3 Å². The molecule has 7 rings (SSSR count). The molecule has 1 fully saturated rings. The maximum Gasteiger partial charge on any atom is 0.279 e. The Kier molecular flexibility index (Phi) is 9.64. The van der Waals surface area contributed by atoms with Gasteiger partial charge in [0, 0.05) is 40.5 Å². The van der Waals surface area contributed by atoms with E-state index in [1.54, 1.807) is 59.4 Å². The summed E-state index contributed by atoms with van der Waals surface area (Å²) in [7, 11) is -3.56. The van der Waals surface area contributed by atoms with Gasteiger partial charge in [-0.3, -0.25) is 14.4 Å². The molecular weight excluding hydrogens is 699 g/mol. The summed E-state index contributed by atoms with van der Waals surface area (Å²) in [6.45, 7) is 5.30. The van der Waals surface area contributed by atoms with Crippen LogP contribution in [0.25, 0.3) is 16.5 Å². The number of fused-ring (bicyclic) bond motifs is 3. The van der Waals surface area contributed by atoms with Gasteiger partial charge in [-0.25, -0.2) is 0 Å². The zero-order valence-corrected chi connectivity index (χ0v) is 31.0. The maximum atomic E-state index is 16.4. The van der Waals surface area contributed by atoms with Crippen molar-refractivity contribution in [2.45, 2.75) is 56.8 Å². The smallest absolute Gasteiger partial charge is 0.279 e. The molecule has 1 aromatic heterocycles. The third kappa shape index (κ3) is 6.36. The molecule has 4 atom stereocenters. The number of rotatable bonds is 10. The summed E-state index contributed by atoms with van der Waals surface area (Å²) in [6.07, 6.45) is 0.604. The van der Waals surface area contributed by atoms with Gasteiger partial charge in [-0.1, -0.05) is 79.2 Å². The molecular formula is C40H40ClFN4O5Si. The lowest BCUT2D eigenvalue weighted by molar-refractivity contribution is -0.150. The Morgan fingerprint density at radius 3 is 2.48 bits per heavy atom. The number of anilines is 1. The Hall–Kier alpha value is -4.68. The van der Waals surface area contributed by atoms with Crippen molar-refractivity contribution in [3.63, 3.8) is 0 Å². The van der Waals surface area contributed by atoms with E-state index in [1.165, 1.54) is 4.68 Å². The number of hydrogen-bond acceptors (Lipinski definition) is 6. The van der Waals surface area contributed by atoms with Crippen LogP contribution in [-0.2, 0) is 33.0 Å². The van der Waals surface area contributed by atoms with E-state index in [9.17, 15) is 19.5 Å². The zero-order valence-electron chi connectivity index (χ0n) is 29.2. The first-order valence-corrected chi connectivity index (χ1v) is 20.7. The molecule has 268 valence electrons. The number of aliphatic hydroxyl groups is 1. The number of aliphatic hydroxyl groups excluding tert-OH is 1. The minimum absolute atomic E-state index is 0.104. The molecule has 1 saturated heterocycles. The quantitative estimate of drug-likeness (QED) is 0.125. The van der Waals surface area contributed by atoms with Crippen molar-refractivity contribution in [3.05, 3.63) is 135 Å². The number of ether oxygens (including phenoxy) is 1. The third-order valence-corrected chi connectivity index (χ3v) is 13.1. The summed E-state index contributed by atoms with van der Waals surface area (Å²) in [4.78, 5) is 45.3. The molecule has 1 spiro atoms. The third-order valence-electron chi connectivity index (χ3n) is 10.4. The normalized spacial score (nSPS) is 21.2. The topological polar surface area (TPSA) is 105 Å². The fraction of sp³-hybridized carbons (Fsp3) is 0.300. The van der Waals surface area contributed by atoms with E-state index in [0.29, 0.717) is 27.3 Å². The molecule has 2 aliphatic rings. The van der Waals surface area contributed by atoms with E-state index in [0.717, 1.165) is 16.5 Å². The highest BCUT2D eigenvalue weighted by Gasteiger charge is 2.67. The molecule has 0 bridgehead atoms. The van der Waals surface area contributed by atoms with E-state index < -0.39 is 31.6 Å². The lowest BCUT2D eigenvalue weighted by Gasteiger charge is -2.31. The first kappa shape index (κ1) is 35.7. The number of halogens is 2. The summed E-state index contributed by atoms with van der Waals surface area (Å²) in [5, 5.41) is 15.9. The lowest BCUT2D eigenvalue weighted by atomic mass is 9.82. The van der Waals surface area contributed by atoms with Crippen molar-refractivity contribution in [2.75, 3.05) is 18.1 Å². The summed E-state index contributed by atoms with van der Waals surface area (Å²) < 4.78 is 24.6. The molecule has 52 heavy (non-hydrogen) atoms. The second-order valence-corrected chi connectivity index (χ2v) is 18.4. The van der Waals surface area contributed by atoms with Gasteiger partial charge in [0.15, 0.2) is 5.60 Å². The Balaban J connectivity index is 1.22. The predicted octanol–water partition coefficient (Wildman–Crippen LogP) is 6.77. The first-order valence-electron chi connectivity index (χ1n) is 17.4. The Bertz CT molecular complexity index is 2210. The zero-order chi connectivity index (χ0) is 36.8. The highest BCUT2D eigenvalue weighted by molar-refractivity contribution is 6.72. The Labute approximate surface area is 307 Å². The number of benzene rings is 4. The maximum absolute atomic E-state index is 16.4. The van der Waals surface area contributed by atoms with Gasteiger partial charge >= 0.3 is 0 Å². The van der Waals surface area contributed by atoms with Crippen molar-refractivity contribution in [1.29, 1.82) is 0 Å². The average molecular weight is 739 g/mol. The van der Waals surface area contributed by atoms with Crippen molar-refractivity contribution in [3.8, 4) is 5.69 Å².